The number of halogens is 1. The van der Waals surface area contributed by atoms with Gasteiger partial charge in [-0.2, -0.15) is 0 Å². The average molecular weight is 431 g/mol. The molecule has 2 saturated carbocycles. The minimum Gasteiger partial charge on any atom is -0.378 e. The molecular weight excluding hydrogens is 395 g/mol. The van der Waals surface area contributed by atoms with Crippen LogP contribution in [0.25, 0.3) is 0 Å². The lowest BCUT2D eigenvalue weighted by molar-refractivity contribution is -0.125. The monoisotopic (exact) mass is 430 g/mol. The fourth-order valence-electron chi connectivity index (χ4n) is 5.61. The maximum atomic E-state index is 13.3. The molecule has 3 aliphatic rings. The Bertz CT molecular complexity index is 748. The van der Waals surface area contributed by atoms with Gasteiger partial charge in [-0.15, -0.1) is 0 Å². The van der Waals surface area contributed by atoms with Crippen LogP contribution in [0.15, 0.2) is 24.3 Å². The number of hydrogen-bond donors (Lipinski definition) is 1. The summed E-state index contributed by atoms with van der Waals surface area (Å²) in [5, 5.41) is 3.04. The third kappa shape index (κ3) is 5.46. The first-order valence-corrected chi connectivity index (χ1v) is 12.1. The second-order valence-electron chi connectivity index (χ2n) is 9.36. The molecule has 5 nitrogen and oxygen atoms in total. The van der Waals surface area contributed by atoms with E-state index < -0.39 is 6.04 Å². The molecule has 0 bridgehead atoms. The number of likely N-dealkylation sites (tertiary alicyclic amines) is 1. The lowest BCUT2D eigenvalue weighted by Gasteiger charge is -2.33. The van der Waals surface area contributed by atoms with Crippen molar-refractivity contribution in [3.63, 3.8) is 0 Å². The summed E-state index contributed by atoms with van der Waals surface area (Å²) in [6, 6.07) is 5.32. The van der Waals surface area contributed by atoms with Crippen LogP contribution in [0.5, 0.6) is 0 Å². The zero-order chi connectivity index (χ0) is 21.6. The van der Waals surface area contributed by atoms with Gasteiger partial charge in [-0.1, -0.05) is 32.1 Å². The lowest BCUT2D eigenvalue weighted by atomic mass is 9.84. The van der Waals surface area contributed by atoms with Gasteiger partial charge in [-0.25, -0.2) is 4.39 Å². The maximum Gasteiger partial charge on any atom is 0.254 e. The topological polar surface area (TPSA) is 58.6 Å². The van der Waals surface area contributed by atoms with Crippen molar-refractivity contribution in [1.82, 2.24) is 10.2 Å². The van der Waals surface area contributed by atoms with Crippen molar-refractivity contribution in [2.45, 2.75) is 88.8 Å². The molecule has 1 saturated heterocycles. The number of hydrogen-bond acceptors (Lipinski definition) is 3. The number of nitrogens with zero attached hydrogens (tertiary/aromatic N) is 1. The van der Waals surface area contributed by atoms with Crippen molar-refractivity contribution in [3.8, 4) is 0 Å². The van der Waals surface area contributed by atoms with Gasteiger partial charge in [0, 0.05) is 24.8 Å². The largest absolute Gasteiger partial charge is 0.378 e. The molecule has 3 fully saturated rings. The highest BCUT2D eigenvalue weighted by molar-refractivity contribution is 5.98. The van der Waals surface area contributed by atoms with E-state index in [1.165, 1.54) is 43.5 Å². The molecule has 2 amide bonds. The molecule has 1 N–H and O–H groups in total. The summed E-state index contributed by atoms with van der Waals surface area (Å²) in [4.78, 5) is 28.1. The summed E-state index contributed by atoms with van der Waals surface area (Å²) in [5.41, 5.74) is 0.450. The molecular formula is C25H35FN2O3. The van der Waals surface area contributed by atoms with E-state index in [0.717, 1.165) is 51.4 Å². The van der Waals surface area contributed by atoms with Gasteiger partial charge in [0.1, 0.15) is 11.9 Å². The molecule has 1 aromatic rings. The van der Waals surface area contributed by atoms with Crippen molar-refractivity contribution >= 4 is 11.8 Å². The number of benzene rings is 1. The Morgan fingerprint density at radius 1 is 1.00 bits per heavy atom. The summed E-state index contributed by atoms with van der Waals surface area (Å²) >= 11 is 0. The molecule has 0 radical (unpaired) electrons. The van der Waals surface area contributed by atoms with E-state index in [-0.39, 0.29) is 23.7 Å². The Hall–Kier alpha value is -1.95. The van der Waals surface area contributed by atoms with Crippen LogP contribution >= 0.6 is 0 Å². The summed E-state index contributed by atoms with van der Waals surface area (Å²) in [7, 11) is 0. The highest BCUT2D eigenvalue weighted by Gasteiger charge is 2.47. The molecule has 1 heterocycles. The van der Waals surface area contributed by atoms with Crippen LogP contribution in [-0.4, -0.2) is 48.1 Å². The van der Waals surface area contributed by atoms with E-state index in [1.54, 1.807) is 4.90 Å². The smallest absolute Gasteiger partial charge is 0.254 e. The molecule has 3 atom stereocenters. The molecule has 31 heavy (non-hydrogen) atoms. The molecule has 1 aromatic carbocycles. The molecule has 6 heteroatoms. The fourth-order valence-corrected chi connectivity index (χ4v) is 5.61. The fraction of sp³-hybridized carbons (Fsp3) is 0.680. The Kier molecular flexibility index (Phi) is 7.59. The number of amides is 2. The third-order valence-corrected chi connectivity index (χ3v) is 7.24. The number of nitrogens with one attached hydrogen (secondary N) is 1. The predicted molar refractivity (Wildman–Crippen MR) is 117 cm³/mol. The first kappa shape index (κ1) is 22.3. The zero-order valence-electron chi connectivity index (χ0n) is 18.4. The second kappa shape index (κ2) is 10.6. The van der Waals surface area contributed by atoms with Gasteiger partial charge in [-0.3, -0.25) is 9.59 Å². The Labute approximate surface area is 184 Å². The molecule has 4 rings (SSSR count). The maximum absolute atomic E-state index is 13.3. The van der Waals surface area contributed by atoms with Gasteiger partial charge in [0.2, 0.25) is 5.91 Å². The summed E-state index contributed by atoms with van der Waals surface area (Å²) in [6.07, 6.45) is 12.3. The molecule has 0 unspecified atom stereocenters. The minimum atomic E-state index is -0.440. The van der Waals surface area contributed by atoms with Gasteiger partial charge in [0.15, 0.2) is 0 Å². The van der Waals surface area contributed by atoms with Gasteiger partial charge >= 0.3 is 0 Å². The molecule has 0 aromatic heterocycles. The van der Waals surface area contributed by atoms with Crippen LogP contribution in [-0.2, 0) is 9.53 Å². The van der Waals surface area contributed by atoms with E-state index in [4.69, 9.17) is 4.74 Å². The molecule has 2 aliphatic carbocycles. The first-order valence-electron chi connectivity index (χ1n) is 12.1. The molecule has 1 aliphatic heterocycles. The van der Waals surface area contributed by atoms with E-state index in [1.807, 2.05) is 0 Å². The van der Waals surface area contributed by atoms with Crippen LogP contribution in [0.4, 0.5) is 4.39 Å². The zero-order valence-corrected chi connectivity index (χ0v) is 18.4. The number of fused-ring (bicyclic) bond motifs is 1. The molecule has 0 spiro atoms. The van der Waals surface area contributed by atoms with Crippen LogP contribution < -0.4 is 5.32 Å². The molecule has 170 valence electrons. The summed E-state index contributed by atoms with van der Waals surface area (Å²) in [6.45, 7) is 1.23. The Balaban J connectivity index is 1.33. The van der Waals surface area contributed by atoms with Gasteiger partial charge < -0.3 is 15.0 Å². The quantitative estimate of drug-likeness (QED) is 0.650. The predicted octanol–water partition coefficient (Wildman–Crippen LogP) is 4.45. The van der Waals surface area contributed by atoms with Crippen molar-refractivity contribution in [2.75, 3.05) is 13.2 Å². The summed E-state index contributed by atoms with van der Waals surface area (Å²) in [5.74, 6) is -0.209. The Morgan fingerprint density at radius 3 is 2.48 bits per heavy atom. The van der Waals surface area contributed by atoms with E-state index >= 15 is 0 Å². The number of carbonyl (C=O) groups is 2. The first-order chi connectivity index (χ1) is 15.1. The van der Waals surface area contributed by atoms with Crippen molar-refractivity contribution in [3.05, 3.63) is 35.6 Å². The highest BCUT2D eigenvalue weighted by Crippen LogP contribution is 2.40. The van der Waals surface area contributed by atoms with Crippen molar-refractivity contribution in [1.29, 1.82) is 0 Å². The van der Waals surface area contributed by atoms with Crippen LogP contribution in [0, 0.1) is 11.7 Å². The van der Waals surface area contributed by atoms with Gasteiger partial charge in [0.25, 0.3) is 5.91 Å². The number of ether oxygens (including phenoxy) is 1. The van der Waals surface area contributed by atoms with Gasteiger partial charge in [-0.05, 0) is 68.7 Å². The van der Waals surface area contributed by atoms with E-state index in [2.05, 4.69) is 5.32 Å². The average Bonchev–Trinajstić information content (AvgIpc) is 3.19. The Morgan fingerprint density at radius 2 is 1.71 bits per heavy atom. The van der Waals surface area contributed by atoms with Crippen LogP contribution in [0.3, 0.4) is 0 Å². The van der Waals surface area contributed by atoms with Crippen molar-refractivity contribution < 1.29 is 18.7 Å². The second-order valence-corrected chi connectivity index (χ2v) is 9.36. The standard InChI is InChI=1S/C25H35FN2O3/c26-20-13-11-18(12-14-20)25(30)28-22-10-5-4-7-19(22)17-23(28)24(29)27-15-6-16-31-21-8-2-1-3-9-21/h11-14,19,21-23H,1-10,15-17H2,(H,27,29)/t19-,22-,23+/m1/s1. The minimum absolute atomic E-state index is 0.0671. The normalized spacial score (nSPS) is 26.5. The van der Waals surface area contributed by atoms with E-state index in [9.17, 15) is 14.0 Å². The summed E-state index contributed by atoms with van der Waals surface area (Å²) < 4.78 is 19.3. The SMILES string of the molecule is O=C(NCCCOC1CCCCC1)[C@@H]1C[C@H]2CCCC[C@H]2N1C(=O)c1ccc(F)cc1. The van der Waals surface area contributed by atoms with Crippen LogP contribution in [0.2, 0.25) is 0 Å². The van der Waals surface area contributed by atoms with Crippen molar-refractivity contribution in [2.24, 2.45) is 5.92 Å². The lowest BCUT2D eigenvalue weighted by Crippen LogP contribution is -2.49. The highest BCUT2D eigenvalue weighted by atomic mass is 19.1. The van der Waals surface area contributed by atoms with Crippen LogP contribution in [0.1, 0.15) is 81.0 Å². The van der Waals surface area contributed by atoms with E-state index in [0.29, 0.717) is 30.7 Å². The number of rotatable bonds is 7. The third-order valence-electron chi connectivity index (χ3n) is 7.24. The van der Waals surface area contributed by atoms with Gasteiger partial charge in [0.05, 0.1) is 6.10 Å². The number of carbonyl (C=O) groups excluding carboxylic acids is 2.